The molecule has 0 spiro atoms. The van der Waals surface area contributed by atoms with Crippen LogP contribution in [0.4, 0.5) is 0 Å². The van der Waals surface area contributed by atoms with Gasteiger partial charge in [0.2, 0.25) is 11.8 Å². The number of primary amides is 1. The molecule has 0 aromatic rings. The number of carbonyl (C=O) groups is 3. The Kier molecular flexibility index (Phi) is 6.97. The summed E-state index contributed by atoms with van der Waals surface area (Å²) in [6.45, 7) is 3.90. The van der Waals surface area contributed by atoms with Gasteiger partial charge in [0.15, 0.2) is 11.7 Å². The van der Waals surface area contributed by atoms with Crippen LogP contribution in [-0.2, 0) is 19.2 Å². The van der Waals surface area contributed by atoms with E-state index in [0.717, 1.165) is 11.8 Å². The topological polar surface area (TPSA) is 139 Å². The average molecular weight is 308 g/mol. The average Bonchev–Trinajstić information content (AvgIpc) is 2.30. The standard InChI is InChI=1S/C10H17N3O6S/c1-6(14)12-7(8(11)15)4-20-9(16)10(2,3)5-19-13(17)18/h7H,4-5H2,1-3H3,(H3-,11,12,14,15,17,18)/p+1/t7-/m0/s1. The molecule has 20 heavy (non-hydrogen) atoms. The van der Waals surface area contributed by atoms with Crippen LogP contribution < -0.4 is 11.1 Å². The first kappa shape index (κ1) is 18.2. The molecule has 0 rings (SSSR count). The second-order valence-corrected chi connectivity index (χ2v) is 5.64. The maximum absolute atomic E-state index is 11.9. The normalized spacial score (nSPS) is 12.3. The minimum atomic E-state index is -1.06. The van der Waals surface area contributed by atoms with Crippen molar-refractivity contribution in [2.24, 2.45) is 11.1 Å². The predicted molar refractivity (Wildman–Crippen MR) is 69.4 cm³/mol. The highest BCUT2D eigenvalue weighted by Crippen LogP contribution is 2.24. The Morgan fingerprint density at radius 1 is 1.45 bits per heavy atom. The summed E-state index contributed by atoms with van der Waals surface area (Å²) in [5.41, 5.74) is 4.03. The quantitative estimate of drug-likeness (QED) is 0.507. The third-order valence-electron chi connectivity index (χ3n) is 2.19. The fourth-order valence-corrected chi connectivity index (χ4v) is 2.09. The molecule has 0 bridgehead atoms. The molecule has 10 heteroatoms. The van der Waals surface area contributed by atoms with Crippen LogP contribution >= 0.6 is 11.8 Å². The number of hydrogen-bond acceptors (Lipinski definition) is 6. The highest BCUT2D eigenvalue weighted by atomic mass is 32.2. The van der Waals surface area contributed by atoms with Crippen LogP contribution in [0.2, 0.25) is 0 Å². The van der Waals surface area contributed by atoms with Crippen molar-refractivity contribution in [3.8, 4) is 0 Å². The zero-order valence-corrected chi connectivity index (χ0v) is 12.2. The first-order chi connectivity index (χ1) is 9.06. The number of nitrogens with one attached hydrogen (secondary N) is 1. The molecule has 2 amide bonds. The Morgan fingerprint density at radius 3 is 2.40 bits per heavy atom. The second kappa shape index (κ2) is 7.68. The second-order valence-electron chi connectivity index (χ2n) is 4.65. The van der Waals surface area contributed by atoms with Crippen molar-refractivity contribution in [3.05, 3.63) is 4.91 Å². The summed E-state index contributed by atoms with van der Waals surface area (Å²) in [4.78, 5) is 48.4. The first-order valence-corrected chi connectivity index (χ1v) is 6.57. The number of nitrogens with zero attached hydrogens (tertiary/aromatic N) is 1. The Morgan fingerprint density at radius 2 is 2.00 bits per heavy atom. The van der Waals surface area contributed by atoms with Crippen LogP contribution in [0.3, 0.4) is 0 Å². The van der Waals surface area contributed by atoms with Gasteiger partial charge in [0.1, 0.15) is 10.9 Å². The largest absolute Gasteiger partial charge is 0.475 e. The summed E-state index contributed by atoms with van der Waals surface area (Å²) in [5.74, 6) is -1.22. The van der Waals surface area contributed by atoms with E-state index in [1.165, 1.54) is 20.8 Å². The lowest BCUT2D eigenvalue weighted by Gasteiger charge is -2.20. The Bertz CT molecular complexity index is 412. The monoisotopic (exact) mass is 308 g/mol. The summed E-state index contributed by atoms with van der Waals surface area (Å²) < 4.78 is 0. The van der Waals surface area contributed by atoms with Crippen molar-refractivity contribution in [1.29, 1.82) is 0 Å². The Balaban J connectivity index is 4.46. The van der Waals surface area contributed by atoms with Gasteiger partial charge >= 0.3 is 5.09 Å². The molecular weight excluding hydrogens is 290 g/mol. The van der Waals surface area contributed by atoms with E-state index in [1.54, 1.807) is 0 Å². The predicted octanol–water partition coefficient (Wildman–Crippen LogP) is -0.638. The maximum Gasteiger partial charge on any atom is 0.475 e. The van der Waals surface area contributed by atoms with Gasteiger partial charge in [-0.25, -0.2) is 5.21 Å². The SMILES string of the molecule is CC(=O)N[C@@H](CSC(=O)C(C)(C)CO[N+](=O)O)C(N)=O. The summed E-state index contributed by atoms with van der Waals surface area (Å²) in [6, 6.07) is -0.966. The smallest absolute Gasteiger partial charge is 0.368 e. The number of carbonyl (C=O) groups excluding carboxylic acids is 3. The summed E-state index contributed by atoms with van der Waals surface area (Å²) in [5, 5.41) is 9.52. The van der Waals surface area contributed by atoms with Gasteiger partial charge in [0.25, 0.3) is 0 Å². The zero-order valence-electron chi connectivity index (χ0n) is 11.4. The van der Waals surface area contributed by atoms with Gasteiger partial charge in [-0.3, -0.25) is 14.4 Å². The van der Waals surface area contributed by atoms with Gasteiger partial charge in [-0.2, -0.15) is 4.84 Å². The molecule has 114 valence electrons. The molecule has 9 nitrogen and oxygen atoms in total. The zero-order chi connectivity index (χ0) is 15.9. The highest BCUT2D eigenvalue weighted by molar-refractivity contribution is 8.13. The third kappa shape index (κ3) is 6.92. The lowest BCUT2D eigenvalue weighted by Crippen LogP contribution is -2.45. The molecular formula is C10H18N3O6S+. The molecule has 4 N–H and O–H groups in total. The van der Waals surface area contributed by atoms with Crippen molar-refractivity contribution in [2.45, 2.75) is 26.8 Å². The van der Waals surface area contributed by atoms with E-state index in [0.29, 0.717) is 0 Å². The molecule has 1 atom stereocenters. The van der Waals surface area contributed by atoms with Crippen LogP contribution in [-0.4, -0.2) is 45.6 Å². The molecule has 0 aliphatic heterocycles. The van der Waals surface area contributed by atoms with E-state index in [2.05, 4.69) is 10.2 Å². The molecule has 0 saturated heterocycles. The van der Waals surface area contributed by atoms with Crippen LogP contribution in [0.1, 0.15) is 20.8 Å². The van der Waals surface area contributed by atoms with Gasteiger partial charge in [-0.1, -0.05) is 11.8 Å². The molecule has 0 aliphatic carbocycles. The van der Waals surface area contributed by atoms with Crippen molar-refractivity contribution in [1.82, 2.24) is 5.32 Å². The first-order valence-electron chi connectivity index (χ1n) is 5.59. The van der Waals surface area contributed by atoms with Crippen LogP contribution in [0.15, 0.2) is 0 Å². The minimum Gasteiger partial charge on any atom is -0.368 e. The Labute approximate surface area is 119 Å². The Hall–Kier alpha value is -1.84. The number of amides is 2. The van der Waals surface area contributed by atoms with Crippen LogP contribution in [0, 0.1) is 10.3 Å². The fourth-order valence-electron chi connectivity index (χ4n) is 1.07. The van der Waals surface area contributed by atoms with Gasteiger partial charge < -0.3 is 11.1 Å². The molecule has 0 fully saturated rings. The van der Waals surface area contributed by atoms with Crippen LogP contribution in [0.25, 0.3) is 0 Å². The van der Waals surface area contributed by atoms with Crippen molar-refractivity contribution in [3.63, 3.8) is 0 Å². The summed E-state index contributed by atoms with van der Waals surface area (Å²) in [6.07, 6.45) is 0. The number of hydrogen-bond donors (Lipinski definition) is 3. The van der Waals surface area contributed by atoms with Gasteiger partial charge in [-0.15, -0.1) is 0 Å². The number of nitrogens with two attached hydrogens (primary N) is 1. The van der Waals surface area contributed by atoms with Crippen molar-refractivity contribution >= 4 is 28.7 Å². The molecule has 0 radical (unpaired) electrons. The van der Waals surface area contributed by atoms with E-state index in [1.807, 2.05) is 0 Å². The highest BCUT2D eigenvalue weighted by Gasteiger charge is 2.33. The van der Waals surface area contributed by atoms with E-state index in [-0.39, 0.29) is 17.5 Å². The lowest BCUT2D eigenvalue weighted by molar-refractivity contribution is -0.976. The lowest BCUT2D eigenvalue weighted by atomic mass is 9.97. The molecule has 0 aromatic heterocycles. The number of rotatable bonds is 8. The van der Waals surface area contributed by atoms with E-state index in [9.17, 15) is 19.3 Å². The van der Waals surface area contributed by atoms with Crippen LogP contribution in [0.5, 0.6) is 0 Å². The molecule has 0 saturated carbocycles. The molecule has 0 heterocycles. The fraction of sp³-hybridized carbons (Fsp3) is 0.700. The summed E-state index contributed by atoms with van der Waals surface area (Å²) >= 11 is 0.777. The van der Waals surface area contributed by atoms with Gasteiger partial charge in [-0.05, 0) is 13.8 Å². The van der Waals surface area contributed by atoms with Gasteiger partial charge in [0.05, 0.1) is 5.41 Å². The molecule has 0 unspecified atom stereocenters. The van der Waals surface area contributed by atoms with Crippen molar-refractivity contribution < 1.29 is 29.5 Å². The third-order valence-corrected chi connectivity index (χ3v) is 3.51. The molecule has 0 aliphatic rings. The minimum absolute atomic E-state index is 0.0304. The van der Waals surface area contributed by atoms with Crippen molar-refractivity contribution in [2.75, 3.05) is 12.4 Å². The number of thioether (sulfide) groups is 1. The summed E-state index contributed by atoms with van der Waals surface area (Å²) in [7, 11) is 0. The maximum atomic E-state index is 11.9. The van der Waals surface area contributed by atoms with E-state index in [4.69, 9.17) is 10.9 Å². The van der Waals surface area contributed by atoms with E-state index >= 15 is 0 Å². The van der Waals surface area contributed by atoms with E-state index < -0.39 is 28.4 Å². The van der Waals surface area contributed by atoms with Gasteiger partial charge in [0, 0.05) is 12.7 Å². The molecule has 0 aromatic carbocycles.